The third-order valence-corrected chi connectivity index (χ3v) is 5.45. The number of hydrogen-bond donors (Lipinski definition) is 1. The summed E-state index contributed by atoms with van der Waals surface area (Å²) in [6, 6.07) is 0. The number of carbonyl (C=O) groups is 1. The summed E-state index contributed by atoms with van der Waals surface area (Å²) in [6.07, 6.45) is 4.40. The number of aromatic nitrogens is 2. The number of nitrogens with one attached hydrogen (secondary N) is 1. The molecule has 1 fully saturated rings. The van der Waals surface area contributed by atoms with Crippen LogP contribution in [0.25, 0.3) is 0 Å². The SMILES string of the molecule is CCn1ncc(CNC(=O)[C@@H]2CCCN(S(C)(=O)=O)C2)c1C. The van der Waals surface area contributed by atoms with Gasteiger partial charge in [-0.3, -0.25) is 9.48 Å². The summed E-state index contributed by atoms with van der Waals surface area (Å²) in [6.45, 7) is 6.00. The van der Waals surface area contributed by atoms with Crippen LogP contribution >= 0.6 is 0 Å². The van der Waals surface area contributed by atoms with E-state index in [9.17, 15) is 13.2 Å². The van der Waals surface area contributed by atoms with Crippen molar-refractivity contribution in [3.8, 4) is 0 Å². The summed E-state index contributed by atoms with van der Waals surface area (Å²) in [7, 11) is -3.23. The molecule has 0 aromatic carbocycles. The lowest BCUT2D eigenvalue weighted by atomic mass is 9.99. The number of hydrogen-bond acceptors (Lipinski definition) is 4. The largest absolute Gasteiger partial charge is 0.352 e. The first kappa shape index (κ1) is 17.0. The van der Waals surface area contributed by atoms with E-state index in [1.54, 1.807) is 6.20 Å². The highest BCUT2D eigenvalue weighted by Crippen LogP contribution is 2.19. The van der Waals surface area contributed by atoms with Crippen LogP contribution in [0.3, 0.4) is 0 Å². The molecule has 0 spiro atoms. The average Bonchev–Trinajstić information content (AvgIpc) is 2.84. The molecule has 124 valence electrons. The van der Waals surface area contributed by atoms with Crippen LogP contribution in [-0.2, 0) is 27.9 Å². The molecule has 7 nitrogen and oxygen atoms in total. The molecule has 22 heavy (non-hydrogen) atoms. The van der Waals surface area contributed by atoms with Crippen LogP contribution in [0.4, 0.5) is 0 Å². The molecule has 2 heterocycles. The van der Waals surface area contributed by atoms with Gasteiger partial charge in [-0.2, -0.15) is 5.10 Å². The fourth-order valence-electron chi connectivity index (χ4n) is 2.76. The molecule has 0 radical (unpaired) electrons. The molecule has 1 amide bonds. The maximum atomic E-state index is 12.3. The van der Waals surface area contributed by atoms with Crippen molar-refractivity contribution < 1.29 is 13.2 Å². The van der Waals surface area contributed by atoms with Crippen LogP contribution in [0.2, 0.25) is 0 Å². The second kappa shape index (κ2) is 6.78. The van der Waals surface area contributed by atoms with Crippen molar-refractivity contribution in [2.24, 2.45) is 5.92 Å². The predicted molar refractivity (Wildman–Crippen MR) is 83.6 cm³/mol. The number of amides is 1. The number of aryl methyl sites for hydroxylation is 1. The molecule has 0 unspecified atom stereocenters. The summed E-state index contributed by atoms with van der Waals surface area (Å²) >= 11 is 0. The fraction of sp³-hybridized carbons (Fsp3) is 0.714. The van der Waals surface area contributed by atoms with Crippen LogP contribution in [0.1, 0.15) is 31.0 Å². The van der Waals surface area contributed by atoms with Crippen molar-refractivity contribution in [1.29, 1.82) is 0 Å². The molecule has 1 aromatic rings. The van der Waals surface area contributed by atoms with E-state index in [0.717, 1.165) is 30.6 Å². The van der Waals surface area contributed by atoms with Crippen molar-refractivity contribution >= 4 is 15.9 Å². The molecule has 1 aliphatic rings. The molecule has 0 aliphatic carbocycles. The van der Waals surface area contributed by atoms with Gasteiger partial charge in [-0.25, -0.2) is 12.7 Å². The van der Waals surface area contributed by atoms with E-state index in [1.807, 2.05) is 18.5 Å². The second-order valence-corrected chi connectivity index (χ2v) is 7.73. The average molecular weight is 328 g/mol. The maximum Gasteiger partial charge on any atom is 0.224 e. The minimum atomic E-state index is -3.23. The zero-order valence-corrected chi connectivity index (χ0v) is 14.2. The zero-order valence-electron chi connectivity index (χ0n) is 13.4. The Balaban J connectivity index is 1.93. The number of carbonyl (C=O) groups excluding carboxylic acids is 1. The van der Waals surface area contributed by atoms with Crippen molar-refractivity contribution in [2.45, 2.75) is 39.8 Å². The highest BCUT2D eigenvalue weighted by molar-refractivity contribution is 7.88. The van der Waals surface area contributed by atoms with Gasteiger partial charge in [0.15, 0.2) is 0 Å². The number of rotatable bonds is 5. The third-order valence-electron chi connectivity index (χ3n) is 4.18. The highest BCUT2D eigenvalue weighted by Gasteiger charge is 2.30. The standard InChI is InChI=1S/C14H24N4O3S/c1-4-18-11(2)13(9-16-18)8-15-14(19)12-6-5-7-17(10-12)22(3,20)21/h9,12H,4-8,10H2,1-3H3,(H,15,19)/t12-/m1/s1. The van der Waals surface area contributed by atoms with E-state index >= 15 is 0 Å². The molecular weight excluding hydrogens is 304 g/mol. The smallest absolute Gasteiger partial charge is 0.224 e. The Bertz CT molecular complexity index is 639. The fourth-order valence-corrected chi connectivity index (χ4v) is 3.67. The number of nitrogens with zero attached hydrogens (tertiary/aromatic N) is 3. The van der Waals surface area contributed by atoms with Crippen LogP contribution in [0, 0.1) is 12.8 Å². The highest BCUT2D eigenvalue weighted by atomic mass is 32.2. The lowest BCUT2D eigenvalue weighted by Crippen LogP contribution is -2.44. The van der Waals surface area contributed by atoms with E-state index in [1.165, 1.54) is 10.6 Å². The van der Waals surface area contributed by atoms with Crippen LogP contribution in [0.5, 0.6) is 0 Å². The second-order valence-electron chi connectivity index (χ2n) is 5.75. The van der Waals surface area contributed by atoms with Gasteiger partial charge in [0.2, 0.25) is 15.9 Å². The lowest BCUT2D eigenvalue weighted by molar-refractivity contribution is -0.126. The molecule has 1 N–H and O–H groups in total. The van der Waals surface area contributed by atoms with Crippen molar-refractivity contribution in [1.82, 2.24) is 19.4 Å². The van der Waals surface area contributed by atoms with Gasteiger partial charge in [0.1, 0.15) is 0 Å². The molecule has 0 saturated carbocycles. The van der Waals surface area contributed by atoms with Gasteiger partial charge in [0.05, 0.1) is 18.4 Å². The molecule has 1 atom stereocenters. The topological polar surface area (TPSA) is 84.3 Å². The minimum absolute atomic E-state index is 0.0861. The van der Waals surface area contributed by atoms with Gasteiger partial charge in [0.25, 0.3) is 0 Å². The van der Waals surface area contributed by atoms with Crippen LogP contribution in [0.15, 0.2) is 6.20 Å². The Morgan fingerprint density at radius 2 is 2.23 bits per heavy atom. The van der Waals surface area contributed by atoms with E-state index in [0.29, 0.717) is 13.1 Å². The summed E-state index contributed by atoms with van der Waals surface area (Å²) in [5.74, 6) is -0.359. The third kappa shape index (κ3) is 3.86. The molecule has 1 aromatic heterocycles. The molecule has 2 rings (SSSR count). The Kier molecular flexibility index (Phi) is 5.23. The summed E-state index contributed by atoms with van der Waals surface area (Å²) in [5, 5.41) is 7.15. The first-order chi connectivity index (χ1) is 10.3. The monoisotopic (exact) mass is 328 g/mol. The number of sulfonamides is 1. The van der Waals surface area contributed by atoms with Gasteiger partial charge in [-0.05, 0) is 26.7 Å². The van der Waals surface area contributed by atoms with Crippen LogP contribution in [-0.4, -0.2) is 47.8 Å². The molecule has 0 bridgehead atoms. The van der Waals surface area contributed by atoms with E-state index in [-0.39, 0.29) is 18.4 Å². The number of piperidine rings is 1. The Morgan fingerprint density at radius 3 is 2.82 bits per heavy atom. The molecule has 8 heteroatoms. The Morgan fingerprint density at radius 1 is 1.50 bits per heavy atom. The zero-order chi connectivity index (χ0) is 16.3. The van der Waals surface area contributed by atoms with Gasteiger partial charge < -0.3 is 5.32 Å². The van der Waals surface area contributed by atoms with Crippen molar-refractivity contribution in [3.05, 3.63) is 17.5 Å². The van der Waals surface area contributed by atoms with E-state index in [4.69, 9.17) is 0 Å². The van der Waals surface area contributed by atoms with Gasteiger partial charge in [-0.1, -0.05) is 0 Å². The van der Waals surface area contributed by atoms with E-state index < -0.39 is 10.0 Å². The first-order valence-corrected chi connectivity index (χ1v) is 9.42. The van der Waals surface area contributed by atoms with Crippen LogP contribution < -0.4 is 5.32 Å². The predicted octanol–water partition coefficient (Wildman–Crippen LogP) is 0.499. The van der Waals surface area contributed by atoms with Crippen molar-refractivity contribution in [2.75, 3.05) is 19.3 Å². The van der Waals surface area contributed by atoms with Gasteiger partial charge >= 0.3 is 0 Å². The Hall–Kier alpha value is -1.41. The molecule has 1 aliphatic heterocycles. The minimum Gasteiger partial charge on any atom is -0.352 e. The van der Waals surface area contributed by atoms with Gasteiger partial charge in [-0.15, -0.1) is 0 Å². The van der Waals surface area contributed by atoms with Crippen molar-refractivity contribution in [3.63, 3.8) is 0 Å². The Labute approximate surface area is 131 Å². The summed E-state index contributed by atoms with van der Waals surface area (Å²) in [4.78, 5) is 12.3. The molecule has 1 saturated heterocycles. The normalized spacial score (nSPS) is 20.0. The summed E-state index contributed by atoms with van der Waals surface area (Å²) < 4.78 is 26.5. The first-order valence-electron chi connectivity index (χ1n) is 7.57. The van der Waals surface area contributed by atoms with Gasteiger partial charge in [0, 0.05) is 37.4 Å². The summed E-state index contributed by atoms with van der Waals surface area (Å²) in [5.41, 5.74) is 2.04. The molecular formula is C14H24N4O3S. The maximum absolute atomic E-state index is 12.3. The van der Waals surface area contributed by atoms with E-state index in [2.05, 4.69) is 10.4 Å². The lowest BCUT2D eigenvalue weighted by Gasteiger charge is -2.30. The quantitative estimate of drug-likeness (QED) is 0.853.